The zero-order chi connectivity index (χ0) is 18.7. The molecule has 0 amide bonds. The van der Waals surface area contributed by atoms with Crippen LogP contribution in [0.4, 0.5) is 0 Å². The molecule has 7 heteroatoms. The molecular formula is C19H18ClNO3S2. The van der Waals surface area contributed by atoms with Crippen molar-refractivity contribution in [2.24, 2.45) is 0 Å². The minimum atomic E-state index is -3.67. The Hall–Kier alpha value is -1.70. The van der Waals surface area contributed by atoms with Crippen molar-refractivity contribution in [3.8, 4) is 0 Å². The molecule has 0 aliphatic heterocycles. The molecule has 0 aliphatic rings. The highest BCUT2D eigenvalue weighted by Crippen LogP contribution is 2.28. The topological polar surface area (TPSA) is 66.4 Å². The van der Waals surface area contributed by atoms with Crippen molar-refractivity contribution in [2.45, 2.75) is 24.5 Å². The summed E-state index contributed by atoms with van der Waals surface area (Å²) in [6, 6.07) is 17.8. The number of halogens is 1. The molecule has 1 aromatic heterocycles. The Morgan fingerprint density at radius 1 is 1.12 bits per heavy atom. The van der Waals surface area contributed by atoms with Gasteiger partial charge in [0, 0.05) is 21.3 Å². The van der Waals surface area contributed by atoms with Crippen LogP contribution in [-0.2, 0) is 16.6 Å². The van der Waals surface area contributed by atoms with E-state index >= 15 is 0 Å². The van der Waals surface area contributed by atoms with Gasteiger partial charge >= 0.3 is 0 Å². The summed E-state index contributed by atoms with van der Waals surface area (Å²) in [6.45, 7) is 1.88. The van der Waals surface area contributed by atoms with Gasteiger partial charge in [-0.15, -0.1) is 11.3 Å². The SMILES string of the molecule is Cc1ccc(Cl)cc1S(=O)(=O)NCc1ccc(C(O)c2ccccc2)s1. The van der Waals surface area contributed by atoms with Crippen LogP contribution in [0.2, 0.25) is 5.02 Å². The van der Waals surface area contributed by atoms with Crippen molar-refractivity contribution in [3.63, 3.8) is 0 Å². The van der Waals surface area contributed by atoms with Gasteiger partial charge in [-0.1, -0.05) is 48.0 Å². The molecule has 0 fully saturated rings. The van der Waals surface area contributed by atoms with E-state index in [1.807, 2.05) is 42.5 Å². The molecule has 136 valence electrons. The minimum Gasteiger partial charge on any atom is -0.383 e. The molecule has 1 unspecified atom stereocenters. The van der Waals surface area contributed by atoms with Gasteiger partial charge in [-0.2, -0.15) is 0 Å². The molecular weight excluding hydrogens is 390 g/mol. The van der Waals surface area contributed by atoms with Gasteiger partial charge in [0.2, 0.25) is 10.0 Å². The first-order chi connectivity index (χ1) is 12.4. The zero-order valence-corrected chi connectivity index (χ0v) is 16.4. The van der Waals surface area contributed by atoms with Gasteiger partial charge in [0.1, 0.15) is 6.10 Å². The predicted molar refractivity (Wildman–Crippen MR) is 105 cm³/mol. The van der Waals surface area contributed by atoms with Crippen molar-refractivity contribution >= 4 is 33.0 Å². The highest BCUT2D eigenvalue weighted by Gasteiger charge is 2.18. The molecule has 1 atom stereocenters. The highest BCUT2D eigenvalue weighted by atomic mass is 35.5. The Labute approximate surface area is 162 Å². The number of aliphatic hydroxyl groups is 1. The molecule has 0 bridgehead atoms. The Balaban J connectivity index is 1.73. The molecule has 4 nitrogen and oxygen atoms in total. The summed E-state index contributed by atoms with van der Waals surface area (Å²) in [7, 11) is -3.67. The van der Waals surface area contributed by atoms with Gasteiger partial charge < -0.3 is 5.11 Å². The lowest BCUT2D eigenvalue weighted by atomic mass is 10.1. The molecule has 2 aromatic carbocycles. The van der Waals surface area contributed by atoms with Crippen molar-refractivity contribution in [3.05, 3.63) is 86.6 Å². The number of hydrogen-bond donors (Lipinski definition) is 2. The Morgan fingerprint density at radius 3 is 2.58 bits per heavy atom. The van der Waals surface area contributed by atoms with Crippen LogP contribution in [0.3, 0.4) is 0 Å². The monoisotopic (exact) mass is 407 g/mol. The normalized spacial score (nSPS) is 12.9. The zero-order valence-electron chi connectivity index (χ0n) is 14.0. The Bertz CT molecular complexity index is 1000. The summed E-state index contributed by atoms with van der Waals surface area (Å²) < 4.78 is 27.6. The fourth-order valence-electron chi connectivity index (χ4n) is 2.54. The number of aliphatic hydroxyl groups excluding tert-OH is 1. The van der Waals surface area contributed by atoms with E-state index in [1.54, 1.807) is 19.1 Å². The number of rotatable bonds is 6. The number of thiophene rings is 1. The van der Waals surface area contributed by atoms with Gasteiger partial charge in [0.25, 0.3) is 0 Å². The summed E-state index contributed by atoms with van der Waals surface area (Å²) >= 11 is 7.29. The minimum absolute atomic E-state index is 0.153. The first kappa shape index (κ1) is 19.1. The molecule has 0 aliphatic carbocycles. The van der Waals surface area contributed by atoms with Crippen LogP contribution in [0.15, 0.2) is 65.6 Å². The van der Waals surface area contributed by atoms with Gasteiger partial charge in [0.05, 0.1) is 4.90 Å². The van der Waals surface area contributed by atoms with E-state index in [9.17, 15) is 13.5 Å². The third-order valence-corrected chi connectivity index (χ3v) is 6.86. The quantitative estimate of drug-likeness (QED) is 0.641. The molecule has 0 spiro atoms. The molecule has 3 rings (SSSR count). The number of aryl methyl sites for hydroxylation is 1. The smallest absolute Gasteiger partial charge is 0.241 e. The van der Waals surface area contributed by atoms with Crippen LogP contribution in [0.25, 0.3) is 0 Å². The fraction of sp³-hybridized carbons (Fsp3) is 0.158. The fourth-order valence-corrected chi connectivity index (χ4v) is 5.11. The maximum Gasteiger partial charge on any atom is 0.241 e. The van der Waals surface area contributed by atoms with Crippen molar-refractivity contribution in [1.82, 2.24) is 4.72 Å². The third-order valence-electron chi connectivity index (χ3n) is 3.94. The van der Waals surface area contributed by atoms with E-state index in [0.29, 0.717) is 10.6 Å². The lowest BCUT2D eigenvalue weighted by Gasteiger charge is -2.09. The van der Waals surface area contributed by atoms with E-state index in [4.69, 9.17) is 11.6 Å². The number of nitrogens with one attached hydrogen (secondary N) is 1. The van der Waals surface area contributed by atoms with Crippen LogP contribution in [-0.4, -0.2) is 13.5 Å². The first-order valence-electron chi connectivity index (χ1n) is 7.94. The number of hydrogen-bond acceptors (Lipinski definition) is 4. The van der Waals surface area contributed by atoms with E-state index < -0.39 is 16.1 Å². The lowest BCUT2D eigenvalue weighted by Crippen LogP contribution is -2.23. The maximum atomic E-state index is 12.5. The molecule has 2 N–H and O–H groups in total. The van der Waals surface area contributed by atoms with E-state index in [2.05, 4.69) is 4.72 Å². The second kappa shape index (κ2) is 7.90. The van der Waals surface area contributed by atoms with Gasteiger partial charge in [-0.25, -0.2) is 13.1 Å². The summed E-state index contributed by atoms with van der Waals surface area (Å²) in [6.07, 6.45) is -0.721. The summed E-state index contributed by atoms with van der Waals surface area (Å²) in [5.74, 6) is 0. The van der Waals surface area contributed by atoms with Crippen LogP contribution in [0, 0.1) is 6.92 Å². The average molecular weight is 408 g/mol. The van der Waals surface area contributed by atoms with Gasteiger partial charge in [-0.05, 0) is 42.3 Å². The third kappa shape index (κ3) is 4.34. The lowest BCUT2D eigenvalue weighted by molar-refractivity contribution is 0.224. The average Bonchev–Trinajstić information content (AvgIpc) is 3.11. The predicted octanol–water partition coefficient (Wildman–Crippen LogP) is 4.27. The largest absolute Gasteiger partial charge is 0.383 e. The van der Waals surface area contributed by atoms with Crippen LogP contribution < -0.4 is 4.72 Å². The second-order valence-corrected chi connectivity index (χ2v) is 9.22. The van der Waals surface area contributed by atoms with Crippen molar-refractivity contribution in [2.75, 3.05) is 0 Å². The van der Waals surface area contributed by atoms with E-state index in [0.717, 1.165) is 15.3 Å². The molecule has 1 heterocycles. The van der Waals surface area contributed by atoms with Crippen LogP contribution in [0.5, 0.6) is 0 Å². The molecule has 0 saturated carbocycles. The second-order valence-electron chi connectivity index (χ2n) is 5.85. The first-order valence-corrected chi connectivity index (χ1v) is 10.6. The standard InChI is InChI=1S/C19H18ClNO3S2/c1-13-7-8-15(20)11-18(13)26(23,24)21-12-16-9-10-17(25-16)19(22)14-5-3-2-4-6-14/h2-11,19,21-22H,12H2,1H3. The Kier molecular flexibility index (Phi) is 5.79. The van der Waals surface area contributed by atoms with E-state index in [1.165, 1.54) is 17.4 Å². The van der Waals surface area contributed by atoms with Gasteiger partial charge in [0.15, 0.2) is 0 Å². The van der Waals surface area contributed by atoms with Crippen molar-refractivity contribution < 1.29 is 13.5 Å². The molecule has 0 saturated heterocycles. The number of sulfonamides is 1. The maximum absolute atomic E-state index is 12.5. The number of benzene rings is 2. The summed E-state index contributed by atoms with van der Waals surface area (Å²) in [4.78, 5) is 1.76. The van der Waals surface area contributed by atoms with Crippen molar-refractivity contribution in [1.29, 1.82) is 0 Å². The van der Waals surface area contributed by atoms with Crippen LogP contribution in [0.1, 0.15) is 27.0 Å². The van der Waals surface area contributed by atoms with Crippen LogP contribution >= 0.6 is 22.9 Å². The highest BCUT2D eigenvalue weighted by molar-refractivity contribution is 7.89. The van der Waals surface area contributed by atoms with Gasteiger partial charge in [-0.3, -0.25) is 0 Å². The molecule has 26 heavy (non-hydrogen) atoms. The molecule has 0 radical (unpaired) electrons. The Morgan fingerprint density at radius 2 is 1.85 bits per heavy atom. The van der Waals surface area contributed by atoms with E-state index in [-0.39, 0.29) is 11.4 Å². The molecule has 3 aromatic rings. The summed E-state index contributed by atoms with van der Waals surface area (Å²) in [5.41, 5.74) is 1.43. The summed E-state index contributed by atoms with van der Waals surface area (Å²) in [5, 5.41) is 10.8.